The van der Waals surface area contributed by atoms with Crippen molar-refractivity contribution in [1.29, 1.82) is 0 Å². The molecule has 1 aromatic heterocycles. The second-order valence-electron chi connectivity index (χ2n) is 6.37. The number of nitrogens with zero attached hydrogens (tertiary/aromatic N) is 1. The van der Waals surface area contributed by atoms with Crippen molar-refractivity contribution in [3.05, 3.63) is 41.7 Å². The molecule has 0 spiro atoms. The molecule has 0 bridgehead atoms. The van der Waals surface area contributed by atoms with Gasteiger partial charge in [0.05, 0.1) is 39.7 Å². The molecule has 0 N–H and O–H groups in total. The van der Waals surface area contributed by atoms with E-state index in [2.05, 4.69) is 11.9 Å². The summed E-state index contributed by atoms with van der Waals surface area (Å²) in [6.07, 6.45) is 2.24. The van der Waals surface area contributed by atoms with Crippen LogP contribution < -0.4 is 18.9 Å². The van der Waals surface area contributed by atoms with Crippen LogP contribution in [-0.4, -0.2) is 51.1 Å². The number of carbonyl (C=O) groups is 2. The van der Waals surface area contributed by atoms with Crippen molar-refractivity contribution in [2.45, 2.75) is 33.0 Å². The van der Waals surface area contributed by atoms with Crippen molar-refractivity contribution >= 4 is 11.9 Å². The molecule has 0 saturated carbocycles. The van der Waals surface area contributed by atoms with Crippen LogP contribution in [0.2, 0.25) is 0 Å². The molecule has 0 amide bonds. The second-order valence-corrected chi connectivity index (χ2v) is 6.37. The summed E-state index contributed by atoms with van der Waals surface area (Å²) in [5.74, 6) is 0.0337. The van der Waals surface area contributed by atoms with Crippen LogP contribution in [-0.2, 0) is 9.47 Å². The van der Waals surface area contributed by atoms with Crippen LogP contribution in [0.25, 0.3) is 0 Å². The lowest BCUT2D eigenvalue weighted by Crippen LogP contribution is -2.22. The van der Waals surface area contributed by atoms with Gasteiger partial charge in [0.25, 0.3) is 0 Å². The number of carbonyl (C=O) groups excluding carboxylic acids is 2. The zero-order valence-corrected chi connectivity index (χ0v) is 18.3. The fourth-order valence-corrected chi connectivity index (χ4v) is 2.57. The van der Waals surface area contributed by atoms with Crippen LogP contribution in [0.3, 0.4) is 0 Å². The minimum atomic E-state index is -1.15. The molecule has 0 saturated heterocycles. The number of esters is 2. The van der Waals surface area contributed by atoms with E-state index in [1.165, 1.54) is 52.6 Å². The minimum absolute atomic E-state index is 0.0681. The Kier molecular flexibility index (Phi) is 8.93. The van der Waals surface area contributed by atoms with E-state index in [1.807, 2.05) is 0 Å². The van der Waals surface area contributed by atoms with Crippen molar-refractivity contribution in [3.8, 4) is 23.0 Å². The highest BCUT2D eigenvalue weighted by Gasteiger charge is 2.21. The first-order valence-corrected chi connectivity index (χ1v) is 9.74. The standard InChI is InChI=1S/C22H27NO8/c1-6-7-10-29-16-8-9-17(23-13-16)22(25)31-14(2)30-21(24)15-11-18(26-3)20(28-5)19(12-15)27-4/h8-9,11-14H,6-7,10H2,1-5H3. The number of pyridine rings is 1. The Balaban J connectivity index is 1.99. The van der Waals surface area contributed by atoms with Gasteiger partial charge in [0.2, 0.25) is 12.0 Å². The van der Waals surface area contributed by atoms with E-state index in [1.54, 1.807) is 6.07 Å². The Hall–Kier alpha value is -3.49. The first-order chi connectivity index (χ1) is 14.9. The average molecular weight is 433 g/mol. The minimum Gasteiger partial charge on any atom is -0.493 e. The van der Waals surface area contributed by atoms with Crippen LogP contribution in [0.1, 0.15) is 47.5 Å². The van der Waals surface area contributed by atoms with Gasteiger partial charge in [-0.1, -0.05) is 13.3 Å². The summed E-state index contributed by atoms with van der Waals surface area (Å²) in [7, 11) is 4.33. The van der Waals surface area contributed by atoms with Gasteiger partial charge in [-0.3, -0.25) is 0 Å². The normalized spacial score (nSPS) is 11.3. The number of unbranched alkanes of at least 4 members (excludes halogenated alkanes) is 1. The topological polar surface area (TPSA) is 102 Å². The average Bonchev–Trinajstić information content (AvgIpc) is 2.78. The second kappa shape index (κ2) is 11.6. The fraction of sp³-hybridized carbons (Fsp3) is 0.409. The summed E-state index contributed by atoms with van der Waals surface area (Å²) in [6, 6.07) is 6.00. The predicted molar refractivity (Wildman–Crippen MR) is 111 cm³/mol. The van der Waals surface area contributed by atoms with E-state index in [0.717, 1.165) is 12.8 Å². The maximum Gasteiger partial charge on any atom is 0.359 e. The van der Waals surface area contributed by atoms with E-state index in [-0.39, 0.29) is 11.3 Å². The quantitative estimate of drug-likeness (QED) is 0.298. The number of rotatable bonds is 11. The smallest absolute Gasteiger partial charge is 0.359 e. The van der Waals surface area contributed by atoms with Gasteiger partial charge in [-0.15, -0.1) is 0 Å². The van der Waals surface area contributed by atoms with Gasteiger partial charge in [0, 0.05) is 6.92 Å². The summed E-state index contributed by atoms with van der Waals surface area (Å²) in [5.41, 5.74) is 0.211. The van der Waals surface area contributed by atoms with Crippen LogP contribution in [0.5, 0.6) is 23.0 Å². The van der Waals surface area contributed by atoms with Crippen molar-refractivity contribution < 1.29 is 38.0 Å². The molecule has 0 aliphatic carbocycles. The van der Waals surface area contributed by atoms with Gasteiger partial charge in [0.1, 0.15) is 11.4 Å². The van der Waals surface area contributed by atoms with E-state index >= 15 is 0 Å². The van der Waals surface area contributed by atoms with Crippen LogP contribution >= 0.6 is 0 Å². The molecule has 9 heteroatoms. The van der Waals surface area contributed by atoms with Crippen molar-refractivity contribution in [2.75, 3.05) is 27.9 Å². The molecule has 0 radical (unpaired) electrons. The molecule has 9 nitrogen and oxygen atoms in total. The highest BCUT2D eigenvalue weighted by molar-refractivity contribution is 5.91. The Bertz CT molecular complexity index is 857. The Labute approximate surface area is 181 Å². The molecule has 0 aliphatic rings. The Morgan fingerprint density at radius 1 is 0.968 bits per heavy atom. The fourth-order valence-electron chi connectivity index (χ4n) is 2.57. The molecular formula is C22H27NO8. The number of hydrogen-bond donors (Lipinski definition) is 0. The molecule has 31 heavy (non-hydrogen) atoms. The SMILES string of the molecule is CCCCOc1ccc(C(=O)OC(C)OC(=O)c2cc(OC)c(OC)c(OC)c2)nc1. The number of methoxy groups -OCH3 is 3. The number of ether oxygens (including phenoxy) is 6. The van der Waals surface area contributed by atoms with Gasteiger partial charge >= 0.3 is 11.9 Å². The zero-order chi connectivity index (χ0) is 22.8. The first-order valence-electron chi connectivity index (χ1n) is 9.74. The number of aromatic nitrogens is 1. The summed E-state index contributed by atoms with van der Waals surface area (Å²) >= 11 is 0. The van der Waals surface area contributed by atoms with Crippen molar-refractivity contribution in [3.63, 3.8) is 0 Å². The lowest BCUT2D eigenvalue weighted by Gasteiger charge is -2.16. The summed E-state index contributed by atoms with van der Waals surface area (Å²) in [5, 5.41) is 0. The molecular weight excluding hydrogens is 406 g/mol. The van der Waals surface area contributed by atoms with Gasteiger partial charge in [0.15, 0.2) is 11.5 Å². The summed E-state index contributed by atoms with van der Waals surface area (Å²) in [4.78, 5) is 28.8. The number of hydrogen-bond acceptors (Lipinski definition) is 9. The zero-order valence-electron chi connectivity index (χ0n) is 18.3. The van der Waals surface area contributed by atoms with Gasteiger partial charge < -0.3 is 28.4 Å². The van der Waals surface area contributed by atoms with Crippen LogP contribution in [0.15, 0.2) is 30.5 Å². The third kappa shape index (κ3) is 6.50. The molecule has 1 aromatic carbocycles. The molecule has 168 valence electrons. The summed E-state index contributed by atoms with van der Waals surface area (Å²) < 4.78 is 31.5. The molecule has 0 fully saturated rings. The van der Waals surface area contributed by atoms with Crippen molar-refractivity contribution in [1.82, 2.24) is 4.98 Å². The van der Waals surface area contributed by atoms with E-state index < -0.39 is 18.2 Å². The van der Waals surface area contributed by atoms with Gasteiger partial charge in [-0.25, -0.2) is 14.6 Å². The van der Waals surface area contributed by atoms with Crippen molar-refractivity contribution in [2.24, 2.45) is 0 Å². The molecule has 0 aliphatic heterocycles. The lowest BCUT2D eigenvalue weighted by molar-refractivity contribution is -0.0695. The lowest BCUT2D eigenvalue weighted by atomic mass is 10.2. The summed E-state index contributed by atoms with van der Waals surface area (Å²) in [6.45, 7) is 4.07. The Morgan fingerprint density at radius 2 is 1.61 bits per heavy atom. The molecule has 1 heterocycles. The predicted octanol–water partition coefficient (Wildman–Crippen LogP) is 3.65. The number of benzene rings is 1. The van der Waals surface area contributed by atoms with Gasteiger partial charge in [-0.2, -0.15) is 0 Å². The monoisotopic (exact) mass is 433 g/mol. The maximum absolute atomic E-state index is 12.5. The Morgan fingerprint density at radius 3 is 2.13 bits per heavy atom. The first kappa shape index (κ1) is 23.8. The van der Waals surface area contributed by atoms with E-state index in [9.17, 15) is 9.59 Å². The van der Waals surface area contributed by atoms with E-state index in [0.29, 0.717) is 29.6 Å². The van der Waals surface area contributed by atoms with Gasteiger partial charge in [-0.05, 0) is 30.7 Å². The highest BCUT2D eigenvalue weighted by atomic mass is 16.7. The molecule has 2 rings (SSSR count). The maximum atomic E-state index is 12.5. The third-order valence-corrected chi connectivity index (χ3v) is 4.16. The molecule has 1 atom stereocenters. The molecule has 2 aromatic rings. The molecule has 1 unspecified atom stereocenters. The third-order valence-electron chi connectivity index (χ3n) is 4.16. The highest BCUT2D eigenvalue weighted by Crippen LogP contribution is 2.38. The van der Waals surface area contributed by atoms with Crippen LogP contribution in [0, 0.1) is 0 Å². The van der Waals surface area contributed by atoms with Crippen LogP contribution in [0.4, 0.5) is 0 Å². The van der Waals surface area contributed by atoms with E-state index in [4.69, 9.17) is 28.4 Å². The largest absolute Gasteiger partial charge is 0.493 e.